The van der Waals surface area contributed by atoms with Crippen LogP contribution in [0.1, 0.15) is 30.0 Å². The van der Waals surface area contributed by atoms with Crippen molar-refractivity contribution in [1.82, 2.24) is 14.7 Å². The van der Waals surface area contributed by atoms with Gasteiger partial charge in [-0.05, 0) is 43.5 Å². The molecule has 0 aliphatic carbocycles. The summed E-state index contributed by atoms with van der Waals surface area (Å²) in [5.74, 6) is -0.827. The van der Waals surface area contributed by atoms with Crippen LogP contribution in [0.2, 0.25) is 5.02 Å². The quantitative estimate of drug-likeness (QED) is 0.856. The monoisotopic (exact) mass is 376 g/mol. The second-order valence-corrected chi connectivity index (χ2v) is 6.92. The molecule has 3 rings (SSSR count). The molecule has 0 saturated carbocycles. The lowest BCUT2D eigenvalue weighted by molar-refractivity contribution is -0.137. The number of carboxylic acid groups (broad SMARTS) is 1. The maximum absolute atomic E-state index is 12.6. The highest BCUT2D eigenvalue weighted by atomic mass is 35.5. The van der Waals surface area contributed by atoms with Gasteiger partial charge in [0.15, 0.2) is 0 Å². The van der Waals surface area contributed by atoms with Gasteiger partial charge < -0.3 is 15.3 Å². The second kappa shape index (κ2) is 7.78. The fourth-order valence-corrected chi connectivity index (χ4v) is 3.28. The number of aliphatic carboxylic acids is 1. The molecular formula is C18H21ClN4O3. The van der Waals surface area contributed by atoms with Crippen molar-refractivity contribution in [1.29, 1.82) is 0 Å². The van der Waals surface area contributed by atoms with E-state index in [1.807, 2.05) is 25.1 Å². The summed E-state index contributed by atoms with van der Waals surface area (Å²) in [6.45, 7) is 2.98. The van der Waals surface area contributed by atoms with Crippen molar-refractivity contribution in [3.05, 3.63) is 46.7 Å². The standard InChI is InChI=1S/C18H21ClN4O3/c1-12-4-5-14(9-15(12)19)20-18(26)22-7-2-3-13(10-22)16-6-8-23(21-16)11-17(24)25/h4-6,8-9,13H,2-3,7,10-11H2,1H3,(H,20,26)(H,24,25)/t13-/m0/s1. The summed E-state index contributed by atoms with van der Waals surface area (Å²) in [6, 6.07) is 7.10. The maximum atomic E-state index is 12.6. The first-order valence-corrected chi connectivity index (χ1v) is 8.87. The molecule has 0 bridgehead atoms. The van der Waals surface area contributed by atoms with Gasteiger partial charge in [0.05, 0.1) is 5.69 Å². The normalized spacial score (nSPS) is 17.2. The number of benzene rings is 1. The summed E-state index contributed by atoms with van der Waals surface area (Å²) < 4.78 is 1.41. The Kier molecular flexibility index (Phi) is 5.46. The predicted molar refractivity (Wildman–Crippen MR) is 98.6 cm³/mol. The molecule has 1 aromatic carbocycles. The second-order valence-electron chi connectivity index (χ2n) is 6.51. The molecule has 26 heavy (non-hydrogen) atoms. The summed E-state index contributed by atoms with van der Waals surface area (Å²) >= 11 is 6.11. The van der Waals surface area contributed by atoms with Gasteiger partial charge in [0.1, 0.15) is 6.54 Å². The van der Waals surface area contributed by atoms with Crippen LogP contribution in [-0.2, 0) is 11.3 Å². The number of hydrogen-bond donors (Lipinski definition) is 2. The minimum absolute atomic E-state index is 0.103. The molecule has 2 N–H and O–H groups in total. The third kappa shape index (κ3) is 4.35. The van der Waals surface area contributed by atoms with Gasteiger partial charge in [-0.25, -0.2) is 4.79 Å². The number of amides is 2. The number of carbonyl (C=O) groups excluding carboxylic acids is 1. The Labute approximate surface area is 156 Å². The molecular weight excluding hydrogens is 356 g/mol. The zero-order valence-corrected chi connectivity index (χ0v) is 15.2. The molecule has 2 heterocycles. The van der Waals surface area contributed by atoms with Crippen molar-refractivity contribution in [2.45, 2.75) is 32.2 Å². The Balaban J connectivity index is 1.63. The number of carbonyl (C=O) groups is 2. The largest absolute Gasteiger partial charge is 0.480 e. The SMILES string of the molecule is Cc1ccc(NC(=O)N2CCC[C@H](c3ccn(CC(=O)O)n3)C2)cc1Cl. The number of nitrogens with zero attached hydrogens (tertiary/aromatic N) is 3. The molecule has 1 aliphatic heterocycles. The van der Waals surface area contributed by atoms with E-state index in [4.69, 9.17) is 16.7 Å². The van der Waals surface area contributed by atoms with Gasteiger partial charge >= 0.3 is 12.0 Å². The molecule has 1 saturated heterocycles. The number of urea groups is 1. The van der Waals surface area contributed by atoms with E-state index in [9.17, 15) is 9.59 Å². The van der Waals surface area contributed by atoms with Crippen molar-refractivity contribution in [3.8, 4) is 0 Å². The van der Waals surface area contributed by atoms with Gasteiger partial charge in [-0.15, -0.1) is 0 Å². The minimum atomic E-state index is -0.930. The number of hydrogen-bond acceptors (Lipinski definition) is 3. The lowest BCUT2D eigenvalue weighted by Gasteiger charge is -2.32. The molecule has 1 atom stereocenters. The minimum Gasteiger partial charge on any atom is -0.480 e. The van der Waals surface area contributed by atoms with Crippen LogP contribution >= 0.6 is 11.6 Å². The molecule has 0 radical (unpaired) electrons. The summed E-state index contributed by atoms with van der Waals surface area (Å²) in [5.41, 5.74) is 2.44. The summed E-state index contributed by atoms with van der Waals surface area (Å²) in [7, 11) is 0. The van der Waals surface area contributed by atoms with E-state index < -0.39 is 5.97 Å². The third-order valence-corrected chi connectivity index (χ3v) is 4.92. The van der Waals surface area contributed by atoms with Crippen LogP contribution in [0.25, 0.3) is 0 Å². The number of nitrogens with one attached hydrogen (secondary N) is 1. The number of anilines is 1. The van der Waals surface area contributed by atoms with Crippen molar-refractivity contribution in [2.75, 3.05) is 18.4 Å². The molecule has 1 aromatic heterocycles. The lowest BCUT2D eigenvalue weighted by Crippen LogP contribution is -2.41. The molecule has 138 valence electrons. The first kappa shape index (κ1) is 18.3. The highest BCUT2D eigenvalue weighted by Crippen LogP contribution is 2.26. The Bertz CT molecular complexity index is 821. The molecule has 7 nitrogen and oxygen atoms in total. The van der Waals surface area contributed by atoms with Gasteiger partial charge in [-0.2, -0.15) is 5.10 Å². The van der Waals surface area contributed by atoms with E-state index >= 15 is 0 Å². The van der Waals surface area contributed by atoms with Crippen LogP contribution in [0, 0.1) is 6.92 Å². The summed E-state index contributed by atoms with van der Waals surface area (Å²) in [4.78, 5) is 25.1. The van der Waals surface area contributed by atoms with Gasteiger partial charge in [-0.3, -0.25) is 9.48 Å². The zero-order valence-electron chi connectivity index (χ0n) is 14.5. The van der Waals surface area contributed by atoms with Crippen molar-refractivity contribution >= 4 is 29.3 Å². The van der Waals surface area contributed by atoms with Crippen molar-refractivity contribution in [2.24, 2.45) is 0 Å². The Morgan fingerprint density at radius 2 is 2.19 bits per heavy atom. The highest BCUT2D eigenvalue weighted by molar-refractivity contribution is 6.31. The number of halogens is 1. The molecule has 0 spiro atoms. The molecule has 0 unspecified atom stereocenters. The van der Waals surface area contributed by atoms with E-state index in [-0.39, 0.29) is 18.5 Å². The Morgan fingerprint density at radius 3 is 2.92 bits per heavy atom. The van der Waals surface area contributed by atoms with Crippen LogP contribution in [0.15, 0.2) is 30.5 Å². The van der Waals surface area contributed by atoms with E-state index in [2.05, 4.69) is 10.4 Å². The number of aryl methyl sites for hydroxylation is 1. The maximum Gasteiger partial charge on any atom is 0.325 e. The van der Waals surface area contributed by atoms with Gasteiger partial charge in [-0.1, -0.05) is 17.7 Å². The lowest BCUT2D eigenvalue weighted by atomic mass is 9.95. The molecule has 2 aromatic rings. The van der Waals surface area contributed by atoms with Crippen LogP contribution in [0.4, 0.5) is 10.5 Å². The average Bonchev–Trinajstić information content (AvgIpc) is 3.06. The molecule has 2 amide bonds. The van der Waals surface area contributed by atoms with Crippen molar-refractivity contribution in [3.63, 3.8) is 0 Å². The summed E-state index contributed by atoms with van der Waals surface area (Å²) in [5, 5.41) is 16.7. The predicted octanol–water partition coefficient (Wildman–Crippen LogP) is 3.34. The summed E-state index contributed by atoms with van der Waals surface area (Å²) in [6.07, 6.45) is 3.46. The molecule has 8 heteroatoms. The fraction of sp³-hybridized carbons (Fsp3) is 0.389. The smallest absolute Gasteiger partial charge is 0.325 e. The van der Waals surface area contributed by atoms with E-state index in [1.54, 1.807) is 17.2 Å². The topological polar surface area (TPSA) is 87.5 Å². The third-order valence-electron chi connectivity index (χ3n) is 4.51. The van der Waals surface area contributed by atoms with Crippen LogP contribution < -0.4 is 5.32 Å². The molecule has 1 fully saturated rings. The highest BCUT2D eigenvalue weighted by Gasteiger charge is 2.26. The van der Waals surface area contributed by atoms with E-state index in [0.717, 1.165) is 24.1 Å². The number of carboxylic acids is 1. The van der Waals surface area contributed by atoms with Crippen LogP contribution in [0.3, 0.4) is 0 Å². The number of aromatic nitrogens is 2. The first-order chi connectivity index (χ1) is 12.4. The number of rotatable bonds is 4. The van der Waals surface area contributed by atoms with Gasteiger partial charge in [0, 0.05) is 35.9 Å². The first-order valence-electron chi connectivity index (χ1n) is 8.49. The van der Waals surface area contributed by atoms with Gasteiger partial charge in [0.25, 0.3) is 0 Å². The van der Waals surface area contributed by atoms with Crippen molar-refractivity contribution < 1.29 is 14.7 Å². The fourth-order valence-electron chi connectivity index (χ4n) is 3.10. The zero-order chi connectivity index (χ0) is 18.7. The van der Waals surface area contributed by atoms with E-state index in [1.165, 1.54) is 4.68 Å². The van der Waals surface area contributed by atoms with E-state index in [0.29, 0.717) is 23.8 Å². The number of likely N-dealkylation sites (tertiary alicyclic amines) is 1. The molecule has 1 aliphatic rings. The van der Waals surface area contributed by atoms with Gasteiger partial charge in [0.2, 0.25) is 0 Å². The average molecular weight is 377 g/mol. The number of piperidine rings is 1. The Hall–Kier alpha value is -2.54. The van der Waals surface area contributed by atoms with Crippen LogP contribution in [-0.4, -0.2) is 44.9 Å². The van der Waals surface area contributed by atoms with Crippen LogP contribution in [0.5, 0.6) is 0 Å². The Morgan fingerprint density at radius 1 is 1.38 bits per heavy atom.